The summed E-state index contributed by atoms with van der Waals surface area (Å²) in [6.07, 6.45) is -0.597. The van der Waals surface area contributed by atoms with Crippen molar-refractivity contribution in [3.8, 4) is 5.75 Å². The third kappa shape index (κ3) is 5.60. The van der Waals surface area contributed by atoms with Crippen LogP contribution in [0.4, 0.5) is 13.2 Å². The number of halogens is 3. The van der Waals surface area contributed by atoms with Gasteiger partial charge in [0.05, 0.1) is 12.7 Å². The minimum atomic E-state index is -4.31. The number of hydrogen-bond acceptors (Lipinski definition) is 3. The molecule has 0 unspecified atom stereocenters. The zero-order valence-electron chi connectivity index (χ0n) is 18.1. The molecule has 0 amide bonds. The van der Waals surface area contributed by atoms with Gasteiger partial charge in [-0.3, -0.25) is 4.90 Å². The molecule has 2 aliphatic rings. The predicted octanol–water partition coefficient (Wildman–Crippen LogP) is 5.42. The van der Waals surface area contributed by atoms with E-state index in [9.17, 15) is 13.2 Å². The summed E-state index contributed by atoms with van der Waals surface area (Å²) in [7, 11) is 1.66. The summed E-state index contributed by atoms with van der Waals surface area (Å²) < 4.78 is 45.3. The van der Waals surface area contributed by atoms with Crippen LogP contribution in [0.1, 0.15) is 41.9 Å². The molecule has 3 nitrogen and oxygen atoms in total. The van der Waals surface area contributed by atoms with Crippen LogP contribution in [-0.2, 0) is 12.7 Å². The van der Waals surface area contributed by atoms with E-state index in [0.29, 0.717) is 5.92 Å². The van der Waals surface area contributed by atoms with E-state index in [1.165, 1.54) is 37.0 Å². The number of ether oxygens (including phenoxy) is 1. The van der Waals surface area contributed by atoms with E-state index < -0.39 is 11.7 Å². The Morgan fingerprint density at radius 3 is 2.45 bits per heavy atom. The first kappa shape index (κ1) is 22.2. The maximum atomic E-state index is 13.3. The van der Waals surface area contributed by atoms with Crippen molar-refractivity contribution in [2.75, 3.05) is 39.8 Å². The molecule has 168 valence electrons. The molecule has 4 rings (SSSR count). The van der Waals surface area contributed by atoms with Crippen molar-refractivity contribution in [3.63, 3.8) is 0 Å². The normalized spacial score (nSPS) is 23.2. The van der Waals surface area contributed by atoms with E-state index in [-0.39, 0.29) is 5.92 Å². The summed E-state index contributed by atoms with van der Waals surface area (Å²) in [5.74, 6) is 1.26. The monoisotopic (exact) mass is 432 g/mol. The first-order valence-corrected chi connectivity index (χ1v) is 11.2. The molecular formula is C25H31F3N2O. The summed E-state index contributed by atoms with van der Waals surface area (Å²) in [5.41, 5.74) is 1.43. The second kappa shape index (κ2) is 9.61. The van der Waals surface area contributed by atoms with Gasteiger partial charge in [0.25, 0.3) is 0 Å². The van der Waals surface area contributed by atoms with E-state index >= 15 is 0 Å². The zero-order valence-corrected chi connectivity index (χ0v) is 18.1. The number of nitrogens with zero attached hydrogens (tertiary/aromatic N) is 2. The molecule has 0 spiro atoms. The largest absolute Gasteiger partial charge is 0.497 e. The average molecular weight is 433 g/mol. The summed E-state index contributed by atoms with van der Waals surface area (Å²) in [6.45, 7) is 5.60. The molecule has 0 saturated carbocycles. The van der Waals surface area contributed by atoms with Crippen molar-refractivity contribution in [1.82, 2.24) is 9.80 Å². The fourth-order valence-corrected chi connectivity index (χ4v) is 5.10. The predicted molar refractivity (Wildman–Crippen MR) is 116 cm³/mol. The lowest BCUT2D eigenvalue weighted by molar-refractivity contribution is -0.137. The molecular weight excluding hydrogens is 401 g/mol. The number of benzene rings is 2. The Kier molecular flexibility index (Phi) is 6.87. The molecule has 0 bridgehead atoms. The van der Waals surface area contributed by atoms with Crippen LogP contribution in [0.25, 0.3) is 0 Å². The highest BCUT2D eigenvalue weighted by atomic mass is 19.4. The van der Waals surface area contributed by atoms with E-state index in [4.69, 9.17) is 4.74 Å². The first-order valence-electron chi connectivity index (χ1n) is 11.2. The number of rotatable bonds is 6. The fraction of sp³-hybridized carbons (Fsp3) is 0.520. The standard InChI is InChI=1S/C25H31F3N2O/c1-31-23-10-5-7-19(13-23)15-30-17-21(16-29-11-3-2-4-12-29)24(18-30)20-8-6-9-22(14-20)25(26,27)28/h5-10,13-14,21,24H,2-4,11-12,15-18H2,1H3/t21-,24+/m0/s1. The smallest absolute Gasteiger partial charge is 0.416 e. The molecule has 2 heterocycles. The molecule has 2 fully saturated rings. The summed E-state index contributed by atoms with van der Waals surface area (Å²) in [6, 6.07) is 14.0. The van der Waals surface area contributed by atoms with E-state index in [2.05, 4.69) is 15.9 Å². The van der Waals surface area contributed by atoms with E-state index in [1.807, 2.05) is 24.3 Å². The number of piperidine rings is 1. The molecule has 2 saturated heterocycles. The van der Waals surface area contributed by atoms with Crippen LogP contribution in [0, 0.1) is 5.92 Å². The van der Waals surface area contributed by atoms with Gasteiger partial charge in [-0.1, -0.05) is 36.8 Å². The number of alkyl halides is 3. The molecule has 2 aromatic carbocycles. The maximum Gasteiger partial charge on any atom is 0.416 e. The second-order valence-electron chi connectivity index (χ2n) is 8.90. The molecule has 2 aromatic rings. The number of hydrogen-bond donors (Lipinski definition) is 0. The Balaban J connectivity index is 1.54. The minimum absolute atomic E-state index is 0.106. The molecule has 0 radical (unpaired) electrons. The number of likely N-dealkylation sites (tertiary alicyclic amines) is 2. The Hall–Kier alpha value is -2.05. The van der Waals surface area contributed by atoms with Gasteiger partial charge in [0.15, 0.2) is 0 Å². The Morgan fingerprint density at radius 2 is 1.71 bits per heavy atom. The lowest BCUT2D eigenvalue weighted by atomic mass is 9.87. The van der Waals surface area contributed by atoms with Gasteiger partial charge in [0.1, 0.15) is 5.75 Å². The van der Waals surface area contributed by atoms with Crippen LogP contribution in [0.5, 0.6) is 5.75 Å². The van der Waals surface area contributed by atoms with E-state index in [1.54, 1.807) is 13.2 Å². The van der Waals surface area contributed by atoms with Crippen molar-refractivity contribution >= 4 is 0 Å². The Morgan fingerprint density at radius 1 is 0.935 bits per heavy atom. The third-order valence-electron chi connectivity index (χ3n) is 6.64. The molecule has 31 heavy (non-hydrogen) atoms. The average Bonchev–Trinajstić information content (AvgIpc) is 3.16. The van der Waals surface area contributed by atoms with Crippen LogP contribution < -0.4 is 4.74 Å². The van der Waals surface area contributed by atoms with Crippen molar-refractivity contribution in [2.45, 2.75) is 37.9 Å². The Labute approximate surface area is 182 Å². The number of methoxy groups -OCH3 is 1. The topological polar surface area (TPSA) is 15.7 Å². The van der Waals surface area contributed by atoms with Gasteiger partial charge in [0, 0.05) is 32.1 Å². The summed E-state index contributed by atoms with van der Waals surface area (Å²) >= 11 is 0. The van der Waals surface area contributed by atoms with Gasteiger partial charge >= 0.3 is 6.18 Å². The lowest BCUT2D eigenvalue weighted by Gasteiger charge is -2.31. The first-order chi connectivity index (χ1) is 14.9. The van der Waals surface area contributed by atoms with Crippen LogP contribution in [0.3, 0.4) is 0 Å². The highest BCUT2D eigenvalue weighted by molar-refractivity contribution is 5.31. The van der Waals surface area contributed by atoms with Gasteiger partial charge in [0.2, 0.25) is 0 Å². The van der Waals surface area contributed by atoms with Crippen LogP contribution in [-0.4, -0.2) is 49.6 Å². The van der Waals surface area contributed by atoms with Crippen LogP contribution in [0.2, 0.25) is 0 Å². The van der Waals surface area contributed by atoms with Gasteiger partial charge in [-0.25, -0.2) is 0 Å². The highest BCUT2D eigenvalue weighted by Gasteiger charge is 2.37. The van der Waals surface area contributed by atoms with Gasteiger partial charge in [-0.2, -0.15) is 13.2 Å². The molecule has 2 atom stereocenters. The second-order valence-corrected chi connectivity index (χ2v) is 8.90. The Bertz CT molecular complexity index is 864. The van der Waals surface area contributed by atoms with Gasteiger partial charge in [-0.15, -0.1) is 0 Å². The highest BCUT2D eigenvalue weighted by Crippen LogP contribution is 2.37. The van der Waals surface area contributed by atoms with Crippen molar-refractivity contribution in [2.24, 2.45) is 5.92 Å². The molecule has 0 aromatic heterocycles. The van der Waals surface area contributed by atoms with Crippen molar-refractivity contribution in [1.29, 1.82) is 0 Å². The van der Waals surface area contributed by atoms with Gasteiger partial charge < -0.3 is 9.64 Å². The summed E-state index contributed by atoms with van der Waals surface area (Å²) in [5, 5.41) is 0. The van der Waals surface area contributed by atoms with Crippen LogP contribution >= 0.6 is 0 Å². The quantitative estimate of drug-likeness (QED) is 0.607. The lowest BCUT2D eigenvalue weighted by Crippen LogP contribution is -2.36. The van der Waals surface area contributed by atoms with Crippen molar-refractivity contribution in [3.05, 3.63) is 65.2 Å². The molecule has 2 aliphatic heterocycles. The molecule has 0 aliphatic carbocycles. The van der Waals surface area contributed by atoms with E-state index in [0.717, 1.165) is 50.6 Å². The third-order valence-corrected chi connectivity index (χ3v) is 6.64. The SMILES string of the molecule is COc1cccc(CN2C[C@H](CN3CCCCC3)[C@@H](c3cccc(C(F)(F)F)c3)C2)c1. The zero-order chi connectivity index (χ0) is 21.8. The van der Waals surface area contributed by atoms with Gasteiger partial charge in [-0.05, 0) is 61.2 Å². The van der Waals surface area contributed by atoms with Crippen molar-refractivity contribution < 1.29 is 17.9 Å². The fourth-order valence-electron chi connectivity index (χ4n) is 5.10. The maximum absolute atomic E-state index is 13.3. The summed E-state index contributed by atoms with van der Waals surface area (Å²) in [4.78, 5) is 4.89. The molecule has 6 heteroatoms. The van der Waals surface area contributed by atoms with Crippen LogP contribution in [0.15, 0.2) is 48.5 Å². The molecule has 0 N–H and O–H groups in total. The minimum Gasteiger partial charge on any atom is -0.497 e.